The van der Waals surface area contributed by atoms with Gasteiger partial charge in [0.2, 0.25) is 0 Å². The molecule has 0 spiro atoms. The molecular weight excluding hydrogens is 507 g/mol. The Bertz CT molecular complexity index is 772. The molecule has 0 saturated carbocycles. The molecule has 0 nitrogen and oxygen atoms in total. The first kappa shape index (κ1) is 33.2. The molecule has 0 atom stereocenters. The summed E-state index contributed by atoms with van der Waals surface area (Å²) in [6, 6.07) is 25.7. The molecule has 0 aliphatic heterocycles. The normalized spacial score (nSPS) is 8.59. The van der Waals surface area contributed by atoms with Gasteiger partial charge in [0, 0.05) is 8.80 Å². The van der Waals surface area contributed by atoms with Gasteiger partial charge in [-0.05, 0) is 0 Å². The van der Waals surface area contributed by atoms with Crippen LogP contribution in [0.1, 0.15) is 11.1 Å². The van der Waals surface area contributed by atoms with E-state index in [4.69, 9.17) is 0 Å². The van der Waals surface area contributed by atoms with Crippen molar-refractivity contribution in [2.45, 2.75) is 33.5 Å². The summed E-state index contributed by atoms with van der Waals surface area (Å²) in [5, 5.41) is 5.39. The van der Waals surface area contributed by atoms with Crippen LogP contribution in [0.3, 0.4) is 0 Å². The molecule has 157 valence electrons. The van der Waals surface area contributed by atoms with Crippen LogP contribution < -0.4 is 0 Å². The van der Waals surface area contributed by atoms with Crippen molar-refractivity contribution >= 4 is 62.0 Å². The van der Waals surface area contributed by atoms with E-state index in [2.05, 4.69) is 113 Å². The van der Waals surface area contributed by atoms with Crippen molar-refractivity contribution in [1.82, 2.24) is 0 Å². The summed E-state index contributed by atoms with van der Waals surface area (Å²) < 4.78 is 0. The summed E-state index contributed by atoms with van der Waals surface area (Å²) in [6.07, 6.45) is 0. The summed E-state index contributed by atoms with van der Waals surface area (Å²) in [7, 11) is 0.120. The van der Waals surface area contributed by atoms with E-state index in [1.54, 1.807) is 0 Å². The fraction of sp³-hybridized carbons (Fsp3) is 0.208. The number of aryl methyl sites for hydroxylation is 2. The maximum atomic E-state index is 3.06. The molecule has 0 aromatic heterocycles. The predicted octanol–water partition coefficient (Wildman–Crippen LogP) is 8.02. The van der Waals surface area contributed by atoms with Gasteiger partial charge in [-0.2, -0.15) is 12.1 Å². The zero-order valence-electron chi connectivity index (χ0n) is 18.2. The fourth-order valence-electron chi connectivity index (χ4n) is 2.61. The topological polar surface area (TPSA) is 0 Å². The van der Waals surface area contributed by atoms with E-state index in [-0.39, 0.29) is 41.0 Å². The SMILES string of the molecule is C[Si](C)C.Cc1cc2ccccc2[cH-]1.Cc1cc2ccccc2[cH-]1.Cl.Cl.[CH3-].[Si]=[Zr]. The Kier molecular flexibility index (Phi) is 21.0. The molecule has 29 heavy (non-hydrogen) atoms. The molecule has 0 aliphatic rings. The fourth-order valence-corrected chi connectivity index (χ4v) is 2.61. The van der Waals surface area contributed by atoms with Crippen LogP contribution in [-0.4, -0.2) is 15.7 Å². The molecule has 0 N–H and O–H groups in total. The predicted molar refractivity (Wildman–Crippen MR) is 139 cm³/mol. The third kappa shape index (κ3) is 12.8. The summed E-state index contributed by atoms with van der Waals surface area (Å²) in [4.78, 5) is 0. The quantitative estimate of drug-likeness (QED) is 0.157. The Morgan fingerprint density at radius 1 is 0.690 bits per heavy atom. The minimum atomic E-state index is 0. The van der Waals surface area contributed by atoms with E-state index < -0.39 is 0 Å². The van der Waals surface area contributed by atoms with Crippen LogP contribution >= 0.6 is 24.8 Å². The number of hydrogen-bond acceptors (Lipinski definition) is 0. The van der Waals surface area contributed by atoms with Crippen molar-refractivity contribution < 1.29 is 23.3 Å². The molecule has 3 radical (unpaired) electrons. The average molecular weight is 539 g/mol. The summed E-state index contributed by atoms with van der Waals surface area (Å²) in [6.45, 7) is 14.1. The molecule has 0 fully saturated rings. The van der Waals surface area contributed by atoms with Gasteiger partial charge in [-0.3, -0.25) is 0 Å². The Morgan fingerprint density at radius 3 is 1.24 bits per heavy atom. The van der Waals surface area contributed by atoms with Crippen molar-refractivity contribution in [3.8, 4) is 0 Å². The summed E-state index contributed by atoms with van der Waals surface area (Å²) in [5.41, 5.74) is 2.70. The zero-order chi connectivity index (χ0) is 19.5. The summed E-state index contributed by atoms with van der Waals surface area (Å²) in [5.74, 6) is 0. The molecule has 0 amide bonds. The Labute approximate surface area is 208 Å². The first-order chi connectivity index (χ1) is 12.5. The molecule has 0 heterocycles. The summed E-state index contributed by atoms with van der Waals surface area (Å²) >= 11 is 1.36. The van der Waals surface area contributed by atoms with E-state index >= 15 is 0 Å². The number of rotatable bonds is 0. The Morgan fingerprint density at radius 2 is 0.966 bits per heavy atom. The van der Waals surface area contributed by atoms with Gasteiger partial charge in [0.05, 0.1) is 0 Å². The van der Waals surface area contributed by atoms with Gasteiger partial charge in [-0.25, -0.2) is 0 Å². The van der Waals surface area contributed by atoms with Gasteiger partial charge < -0.3 is 7.43 Å². The van der Waals surface area contributed by atoms with Gasteiger partial charge in [-0.1, -0.05) is 45.6 Å². The van der Waals surface area contributed by atoms with E-state index in [1.807, 2.05) is 0 Å². The van der Waals surface area contributed by atoms with Gasteiger partial charge >= 0.3 is 30.2 Å². The number of fused-ring (bicyclic) bond motifs is 2. The van der Waals surface area contributed by atoms with E-state index in [1.165, 1.54) is 56.0 Å². The van der Waals surface area contributed by atoms with E-state index in [0.717, 1.165) is 0 Å². The first-order valence-corrected chi connectivity index (χ1v) is 15.9. The van der Waals surface area contributed by atoms with Crippen molar-refractivity contribution in [3.63, 3.8) is 0 Å². The Balaban J connectivity index is -0.000000342. The number of hydrogen-bond donors (Lipinski definition) is 0. The van der Waals surface area contributed by atoms with Crippen molar-refractivity contribution in [2.24, 2.45) is 0 Å². The molecular formula is C24H32Cl2Si2Zr-3. The monoisotopic (exact) mass is 536 g/mol. The number of benzene rings is 2. The maximum absolute atomic E-state index is 3.06. The molecule has 4 aromatic rings. The second-order valence-electron chi connectivity index (χ2n) is 6.82. The van der Waals surface area contributed by atoms with Crippen LogP contribution in [0.5, 0.6) is 0 Å². The first-order valence-electron chi connectivity index (χ1n) is 8.71. The van der Waals surface area contributed by atoms with Crippen molar-refractivity contribution in [3.05, 3.63) is 91.3 Å². The van der Waals surface area contributed by atoms with Gasteiger partial charge in [0.15, 0.2) is 0 Å². The molecule has 0 bridgehead atoms. The van der Waals surface area contributed by atoms with Gasteiger partial charge in [-0.15, -0.1) is 106 Å². The average Bonchev–Trinajstić information content (AvgIpc) is 3.17. The van der Waals surface area contributed by atoms with Crippen LogP contribution in [0.4, 0.5) is 0 Å². The van der Waals surface area contributed by atoms with Crippen LogP contribution in [0.15, 0.2) is 72.8 Å². The van der Waals surface area contributed by atoms with Crippen molar-refractivity contribution in [2.75, 3.05) is 0 Å². The third-order valence-electron chi connectivity index (χ3n) is 3.52. The van der Waals surface area contributed by atoms with Crippen LogP contribution in [0, 0.1) is 21.3 Å². The second kappa shape index (κ2) is 18.3. The molecule has 0 unspecified atom stereocenters. The van der Waals surface area contributed by atoms with Crippen LogP contribution in [0.25, 0.3) is 21.5 Å². The molecule has 5 heteroatoms. The van der Waals surface area contributed by atoms with Gasteiger partial charge in [0.25, 0.3) is 0 Å². The molecule has 4 aromatic carbocycles. The van der Waals surface area contributed by atoms with Crippen molar-refractivity contribution in [1.29, 1.82) is 0 Å². The van der Waals surface area contributed by atoms with E-state index in [9.17, 15) is 0 Å². The van der Waals surface area contributed by atoms with Crippen LogP contribution in [-0.2, 0) is 23.3 Å². The standard InChI is InChI=1S/2C10H9.C3H9Si.CH3.2ClH.Si.Zr/c2*1-8-6-9-4-2-3-5-10(9)7-8;1-4(2)3;;;;;/h2*2-7H,1H3;1-3H3;1H3;2*1H;;/q2*-1;;-1;;;;. The van der Waals surface area contributed by atoms with Gasteiger partial charge in [0.1, 0.15) is 0 Å². The molecule has 0 saturated heterocycles. The zero-order valence-corrected chi connectivity index (χ0v) is 24.3. The Hall–Kier alpha value is -0.443. The molecule has 0 aliphatic carbocycles. The third-order valence-corrected chi connectivity index (χ3v) is 3.52. The number of halogens is 2. The van der Waals surface area contributed by atoms with Crippen LogP contribution in [0.2, 0.25) is 19.6 Å². The minimum absolute atomic E-state index is 0. The molecule has 4 rings (SSSR count). The second-order valence-corrected chi connectivity index (χ2v) is 9.82. The van der Waals surface area contributed by atoms with E-state index in [0.29, 0.717) is 0 Å².